The molecule has 1 aliphatic carbocycles. The molecule has 0 N–H and O–H groups in total. The number of likely N-dealkylation sites (N-methyl/N-ethyl adjacent to an activating group) is 1. The van der Waals surface area contributed by atoms with Gasteiger partial charge in [0.2, 0.25) is 0 Å². The third kappa shape index (κ3) is 2.59. The Labute approximate surface area is 106 Å². The lowest BCUT2D eigenvalue weighted by Crippen LogP contribution is -2.23. The van der Waals surface area contributed by atoms with Crippen LogP contribution in [0, 0.1) is 5.82 Å². The Kier molecular flexibility index (Phi) is 3.77. The minimum atomic E-state index is -0.227. The van der Waals surface area contributed by atoms with Gasteiger partial charge in [-0.05, 0) is 48.1 Å². The van der Waals surface area contributed by atoms with Gasteiger partial charge in [-0.25, -0.2) is 9.45 Å². The molecule has 1 aromatic rings. The van der Waals surface area contributed by atoms with Crippen molar-refractivity contribution in [2.24, 2.45) is 0 Å². The van der Waals surface area contributed by atoms with Crippen molar-refractivity contribution in [3.05, 3.63) is 41.2 Å². The van der Waals surface area contributed by atoms with E-state index < -0.39 is 0 Å². The summed E-state index contributed by atoms with van der Waals surface area (Å²) in [7, 11) is 3.01. The number of rotatable bonds is 2. The molecule has 18 heavy (non-hydrogen) atoms. The molecule has 0 bridgehead atoms. The first kappa shape index (κ1) is 12.8. The molecule has 0 heterocycles. The van der Waals surface area contributed by atoms with Crippen LogP contribution >= 0.6 is 0 Å². The van der Waals surface area contributed by atoms with E-state index in [0.717, 1.165) is 36.0 Å². The molecule has 1 aliphatic rings. The number of benzene rings is 1. The number of carbonyl (C=O) groups is 1. The smallest absolute Gasteiger partial charge is 0.270 e. The lowest BCUT2D eigenvalue weighted by atomic mass is 9.87. The second-order valence-electron chi connectivity index (χ2n) is 4.34. The molecule has 0 aromatic heterocycles. The number of nitrogens with zero attached hydrogens (tertiary/aromatic N) is 1. The van der Waals surface area contributed by atoms with Gasteiger partial charge in [0.05, 0.1) is 7.11 Å². The summed E-state index contributed by atoms with van der Waals surface area (Å²) in [6.07, 6.45) is 4.20. The number of hydrogen-bond acceptors (Lipinski definition) is 2. The van der Waals surface area contributed by atoms with Crippen molar-refractivity contribution in [2.45, 2.75) is 19.3 Å². The fourth-order valence-corrected chi connectivity index (χ4v) is 2.17. The average Bonchev–Trinajstić information content (AvgIpc) is 2.37. The van der Waals surface area contributed by atoms with Crippen LogP contribution in [0.5, 0.6) is 0 Å². The van der Waals surface area contributed by atoms with E-state index in [4.69, 9.17) is 4.84 Å². The number of hydrogen-bond donors (Lipinski definition) is 0. The summed E-state index contributed by atoms with van der Waals surface area (Å²) in [5.41, 5.74) is 2.89. The molecule has 0 saturated carbocycles. The van der Waals surface area contributed by atoms with Crippen LogP contribution in [0.2, 0.25) is 0 Å². The summed E-state index contributed by atoms with van der Waals surface area (Å²) in [5, 5.41) is 1.17. The van der Waals surface area contributed by atoms with Gasteiger partial charge in [-0.1, -0.05) is 6.07 Å². The normalized spacial score (nSPS) is 16.5. The Morgan fingerprint density at radius 1 is 1.44 bits per heavy atom. The number of hydroxylamine groups is 2. The van der Waals surface area contributed by atoms with Crippen LogP contribution in [0.25, 0.3) is 5.57 Å². The lowest BCUT2D eigenvalue weighted by molar-refractivity contribution is -0.162. The van der Waals surface area contributed by atoms with E-state index in [-0.39, 0.29) is 11.7 Å². The van der Waals surface area contributed by atoms with E-state index >= 15 is 0 Å². The largest absolute Gasteiger partial charge is 0.274 e. The molecule has 3 nitrogen and oxygen atoms in total. The molecular weight excluding hydrogens is 233 g/mol. The number of aryl methyl sites for hydroxylation is 1. The summed E-state index contributed by atoms with van der Waals surface area (Å²) in [4.78, 5) is 16.6. The second kappa shape index (κ2) is 5.31. The number of halogens is 1. The molecule has 0 spiro atoms. The van der Waals surface area contributed by atoms with E-state index in [1.807, 2.05) is 0 Å². The highest BCUT2D eigenvalue weighted by atomic mass is 19.1. The van der Waals surface area contributed by atoms with Gasteiger partial charge in [0.25, 0.3) is 5.91 Å². The summed E-state index contributed by atoms with van der Waals surface area (Å²) < 4.78 is 13.2. The molecule has 0 unspecified atom stereocenters. The molecule has 1 amide bonds. The highest BCUT2D eigenvalue weighted by Gasteiger charge is 2.16. The zero-order valence-electron chi connectivity index (χ0n) is 10.6. The summed E-state index contributed by atoms with van der Waals surface area (Å²) in [5.74, 6) is -0.431. The van der Waals surface area contributed by atoms with Crippen LogP contribution in [-0.4, -0.2) is 25.1 Å². The van der Waals surface area contributed by atoms with Crippen LogP contribution < -0.4 is 0 Å². The van der Waals surface area contributed by atoms with Crippen LogP contribution in [0.3, 0.4) is 0 Å². The number of allylic oxidation sites excluding steroid dienone is 1. The predicted octanol–water partition coefficient (Wildman–Crippen LogP) is 2.57. The van der Waals surface area contributed by atoms with E-state index in [0.29, 0.717) is 0 Å². The molecule has 0 aliphatic heterocycles. The standard InChI is InChI=1S/C14H16FNO2/c1-16(18-2)14(17)9-11-5-3-4-10-8-12(15)6-7-13(10)11/h6-9H,3-5H2,1-2H3/b11-9+. The maximum atomic E-state index is 13.2. The first-order chi connectivity index (χ1) is 8.61. The minimum Gasteiger partial charge on any atom is -0.274 e. The fourth-order valence-electron chi connectivity index (χ4n) is 2.17. The third-order valence-electron chi connectivity index (χ3n) is 3.19. The number of fused-ring (bicyclic) bond motifs is 1. The van der Waals surface area contributed by atoms with Gasteiger partial charge >= 0.3 is 0 Å². The summed E-state index contributed by atoms with van der Waals surface area (Å²) in [6.45, 7) is 0. The Morgan fingerprint density at radius 2 is 2.22 bits per heavy atom. The molecular formula is C14H16FNO2. The monoisotopic (exact) mass is 249 g/mol. The quantitative estimate of drug-likeness (QED) is 0.595. The SMILES string of the molecule is CON(C)C(=O)/C=C1\CCCc2cc(F)ccc21. The Bertz CT molecular complexity index is 497. The topological polar surface area (TPSA) is 29.5 Å². The third-order valence-corrected chi connectivity index (χ3v) is 3.19. The first-order valence-corrected chi connectivity index (χ1v) is 5.93. The van der Waals surface area contributed by atoms with Crippen molar-refractivity contribution < 1.29 is 14.0 Å². The molecule has 0 radical (unpaired) electrons. The number of carbonyl (C=O) groups excluding carboxylic acids is 1. The zero-order valence-corrected chi connectivity index (χ0v) is 10.6. The van der Waals surface area contributed by atoms with Crippen LogP contribution in [0.15, 0.2) is 24.3 Å². The second-order valence-corrected chi connectivity index (χ2v) is 4.34. The maximum absolute atomic E-state index is 13.2. The Balaban J connectivity index is 2.33. The van der Waals surface area contributed by atoms with Gasteiger partial charge < -0.3 is 0 Å². The van der Waals surface area contributed by atoms with E-state index in [1.165, 1.54) is 18.2 Å². The van der Waals surface area contributed by atoms with Gasteiger partial charge in [-0.3, -0.25) is 9.63 Å². The zero-order chi connectivity index (χ0) is 13.1. The molecule has 0 atom stereocenters. The van der Waals surface area contributed by atoms with E-state index in [2.05, 4.69) is 0 Å². The molecule has 2 rings (SSSR count). The van der Waals surface area contributed by atoms with Crippen molar-refractivity contribution in [1.82, 2.24) is 5.06 Å². The van der Waals surface area contributed by atoms with E-state index in [1.54, 1.807) is 25.3 Å². The van der Waals surface area contributed by atoms with Crippen LogP contribution in [0.1, 0.15) is 24.0 Å². The van der Waals surface area contributed by atoms with Crippen molar-refractivity contribution in [3.63, 3.8) is 0 Å². The highest BCUT2D eigenvalue weighted by molar-refractivity contribution is 5.95. The van der Waals surface area contributed by atoms with Crippen molar-refractivity contribution in [3.8, 4) is 0 Å². The average molecular weight is 249 g/mol. The van der Waals surface area contributed by atoms with Gasteiger partial charge in [0.1, 0.15) is 5.82 Å². The van der Waals surface area contributed by atoms with Gasteiger partial charge in [0, 0.05) is 13.1 Å². The lowest BCUT2D eigenvalue weighted by Gasteiger charge is -2.20. The maximum Gasteiger partial charge on any atom is 0.270 e. The Morgan fingerprint density at radius 3 is 2.94 bits per heavy atom. The highest BCUT2D eigenvalue weighted by Crippen LogP contribution is 2.31. The first-order valence-electron chi connectivity index (χ1n) is 5.93. The minimum absolute atomic E-state index is 0.204. The Hall–Kier alpha value is -1.68. The van der Waals surface area contributed by atoms with Crippen LogP contribution in [0.4, 0.5) is 4.39 Å². The predicted molar refractivity (Wildman–Crippen MR) is 67.1 cm³/mol. The molecule has 0 saturated heterocycles. The van der Waals surface area contributed by atoms with Gasteiger partial charge in [0.15, 0.2) is 0 Å². The molecule has 0 fully saturated rings. The van der Waals surface area contributed by atoms with Gasteiger partial charge in [-0.2, -0.15) is 0 Å². The molecule has 1 aromatic carbocycles. The number of amides is 1. The van der Waals surface area contributed by atoms with Crippen molar-refractivity contribution in [2.75, 3.05) is 14.2 Å². The van der Waals surface area contributed by atoms with Crippen molar-refractivity contribution >= 4 is 11.5 Å². The van der Waals surface area contributed by atoms with Crippen molar-refractivity contribution in [1.29, 1.82) is 0 Å². The molecule has 96 valence electrons. The summed E-state index contributed by atoms with van der Waals surface area (Å²) in [6, 6.07) is 4.73. The summed E-state index contributed by atoms with van der Waals surface area (Å²) >= 11 is 0. The van der Waals surface area contributed by atoms with Crippen LogP contribution in [-0.2, 0) is 16.1 Å². The van der Waals surface area contributed by atoms with E-state index in [9.17, 15) is 9.18 Å². The molecule has 4 heteroatoms. The fraction of sp³-hybridized carbons (Fsp3) is 0.357. The van der Waals surface area contributed by atoms with Gasteiger partial charge in [-0.15, -0.1) is 0 Å².